The van der Waals surface area contributed by atoms with Crippen molar-refractivity contribution in [3.63, 3.8) is 0 Å². The average molecular weight is 516 g/mol. The van der Waals surface area contributed by atoms with Crippen LogP contribution in [0.5, 0.6) is 0 Å². The molecule has 1 aliphatic heterocycles. The van der Waals surface area contributed by atoms with Gasteiger partial charge in [-0.15, -0.1) is 0 Å². The lowest BCUT2D eigenvalue weighted by Crippen LogP contribution is -2.64. The Labute approximate surface area is 219 Å². The molecule has 2 aliphatic rings. The molecule has 3 aromatic rings. The van der Waals surface area contributed by atoms with Crippen LogP contribution in [0.15, 0.2) is 67.3 Å². The van der Waals surface area contributed by atoms with E-state index in [9.17, 15) is 10.1 Å². The minimum absolute atomic E-state index is 0.111. The summed E-state index contributed by atoms with van der Waals surface area (Å²) >= 11 is 0. The van der Waals surface area contributed by atoms with Crippen LogP contribution >= 0.6 is 0 Å². The van der Waals surface area contributed by atoms with Gasteiger partial charge in [0.05, 0.1) is 23.0 Å². The van der Waals surface area contributed by atoms with Gasteiger partial charge in [0.2, 0.25) is 0 Å². The highest BCUT2D eigenvalue weighted by atomic mass is 19.3. The number of hydrogen-bond acceptors (Lipinski definition) is 7. The molecule has 2 fully saturated rings. The Hall–Kier alpha value is -4.03. The van der Waals surface area contributed by atoms with Crippen molar-refractivity contribution in [3.8, 4) is 17.2 Å². The fourth-order valence-corrected chi connectivity index (χ4v) is 5.75. The number of fused-ring (bicyclic) bond motifs is 1. The zero-order valence-electron chi connectivity index (χ0n) is 21.0. The minimum Gasteiger partial charge on any atom is -0.461 e. The number of carbonyl (C=O) groups is 1. The number of ether oxygens (including phenoxy) is 1. The minimum atomic E-state index is -3.11. The zero-order chi connectivity index (χ0) is 26.9. The zero-order valence-corrected chi connectivity index (χ0v) is 21.0. The van der Waals surface area contributed by atoms with Gasteiger partial charge in [0.15, 0.2) is 0 Å². The lowest BCUT2D eigenvalue weighted by molar-refractivity contribution is -0.160. The molecule has 1 aliphatic carbocycles. The standard InChI is InChI=1S/C29H27F2N5O2/c1-18-24(10-9-22-8-7-21(14-35-22)25-6-4-3-5-20(25)13-32)26-19(2)38-27(37)28(26,17-29(18,30)31)36-16-23-15-33-11-12-34-23/h3-12,14-15,18-19,24,26,36H,16-17H2,1-2H3/b10-9+/t18-,19+,24-,26-,28-/m0/s1. The molecule has 0 spiro atoms. The van der Waals surface area contributed by atoms with Crippen LogP contribution in [0.2, 0.25) is 0 Å². The van der Waals surface area contributed by atoms with Crippen LogP contribution in [0.1, 0.15) is 37.2 Å². The van der Waals surface area contributed by atoms with Crippen molar-refractivity contribution >= 4 is 12.0 Å². The van der Waals surface area contributed by atoms with Crippen LogP contribution in [-0.4, -0.2) is 38.5 Å². The highest BCUT2D eigenvalue weighted by Crippen LogP contribution is 2.55. The van der Waals surface area contributed by atoms with Crippen molar-refractivity contribution in [2.75, 3.05) is 0 Å². The Balaban J connectivity index is 1.44. The molecule has 0 radical (unpaired) electrons. The van der Waals surface area contributed by atoms with E-state index in [0.29, 0.717) is 17.0 Å². The third-order valence-corrected chi connectivity index (χ3v) is 7.74. The highest BCUT2D eigenvalue weighted by molar-refractivity contribution is 5.84. The van der Waals surface area contributed by atoms with Crippen LogP contribution in [0.3, 0.4) is 0 Å². The predicted molar refractivity (Wildman–Crippen MR) is 136 cm³/mol. The number of hydrogen-bond donors (Lipinski definition) is 1. The monoisotopic (exact) mass is 515 g/mol. The molecule has 2 aromatic heterocycles. The van der Waals surface area contributed by atoms with Crippen molar-refractivity contribution in [1.82, 2.24) is 20.3 Å². The van der Waals surface area contributed by atoms with Gasteiger partial charge in [0.25, 0.3) is 5.92 Å². The summed E-state index contributed by atoms with van der Waals surface area (Å²) in [5, 5.41) is 12.5. The maximum absolute atomic E-state index is 15.4. The van der Waals surface area contributed by atoms with E-state index in [1.807, 2.05) is 18.2 Å². The number of nitriles is 1. The summed E-state index contributed by atoms with van der Waals surface area (Å²) < 4.78 is 36.5. The Morgan fingerprint density at radius 2 is 1.97 bits per heavy atom. The van der Waals surface area contributed by atoms with Crippen LogP contribution in [0.25, 0.3) is 17.2 Å². The third kappa shape index (κ3) is 4.56. The topological polar surface area (TPSA) is 101 Å². The molecule has 0 bridgehead atoms. The van der Waals surface area contributed by atoms with Crippen LogP contribution < -0.4 is 5.32 Å². The molecule has 7 nitrogen and oxygen atoms in total. The van der Waals surface area contributed by atoms with E-state index in [2.05, 4.69) is 26.3 Å². The molecule has 5 atom stereocenters. The van der Waals surface area contributed by atoms with Gasteiger partial charge >= 0.3 is 5.97 Å². The average Bonchev–Trinajstić information content (AvgIpc) is 3.17. The molecule has 38 heavy (non-hydrogen) atoms. The van der Waals surface area contributed by atoms with Gasteiger partial charge in [-0.3, -0.25) is 25.1 Å². The first kappa shape index (κ1) is 25.6. The molecule has 0 unspecified atom stereocenters. The molecule has 5 rings (SSSR count). The maximum Gasteiger partial charge on any atom is 0.327 e. The number of nitrogens with one attached hydrogen (secondary N) is 1. The lowest BCUT2D eigenvalue weighted by atomic mass is 9.60. The van der Waals surface area contributed by atoms with Crippen molar-refractivity contribution in [2.45, 2.75) is 44.4 Å². The van der Waals surface area contributed by atoms with Crippen LogP contribution in [0, 0.1) is 29.1 Å². The van der Waals surface area contributed by atoms with Gasteiger partial charge in [-0.1, -0.05) is 37.3 Å². The largest absolute Gasteiger partial charge is 0.461 e. The Bertz CT molecular complexity index is 1390. The number of pyridine rings is 1. The van der Waals surface area contributed by atoms with Crippen LogP contribution in [0.4, 0.5) is 8.78 Å². The number of benzene rings is 1. The summed E-state index contributed by atoms with van der Waals surface area (Å²) in [7, 11) is 0. The maximum atomic E-state index is 15.4. The highest BCUT2D eigenvalue weighted by Gasteiger charge is 2.67. The number of aromatic nitrogens is 3. The fourth-order valence-electron chi connectivity index (χ4n) is 5.75. The van der Waals surface area contributed by atoms with Crippen molar-refractivity contribution in [3.05, 3.63) is 84.2 Å². The molecule has 1 saturated heterocycles. The number of rotatable bonds is 6. The van der Waals surface area contributed by atoms with Gasteiger partial charge in [-0.2, -0.15) is 5.26 Å². The first-order valence-corrected chi connectivity index (χ1v) is 12.5. The molecule has 9 heteroatoms. The van der Waals surface area contributed by atoms with Gasteiger partial charge in [-0.05, 0) is 31.1 Å². The van der Waals surface area contributed by atoms with Crippen molar-refractivity contribution in [2.24, 2.45) is 17.8 Å². The summed E-state index contributed by atoms with van der Waals surface area (Å²) in [5.41, 5.74) is 1.67. The van der Waals surface area contributed by atoms with E-state index >= 15 is 8.78 Å². The van der Waals surface area contributed by atoms with E-state index in [1.54, 1.807) is 43.5 Å². The van der Waals surface area contributed by atoms with Gasteiger partial charge in [-0.25, -0.2) is 8.78 Å². The first-order valence-electron chi connectivity index (χ1n) is 12.5. The molecule has 0 amide bonds. The van der Waals surface area contributed by atoms with Crippen LogP contribution in [-0.2, 0) is 16.1 Å². The Morgan fingerprint density at radius 3 is 2.68 bits per heavy atom. The number of cyclic esters (lactones) is 1. The normalized spacial score (nSPS) is 28.0. The number of halogens is 2. The number of nitrogens with zero attached hydrogens (tertiary/aromatic N) is 4. The SMILES string of the molecule is C[C@H]1OC(=O)[C@]2(NCc3cnccn3)CC(F)(F)[C@@H](C)[C@H](/C=C/c3ccc(-c4ccccc4C#N)cn3)[C@H]12. The van der Waals surface area contributed by atoms with Gasteiger partial charge in [0, 0.05) is 60.7 Å². The van der Waals surface area contributed by atoms with Gasteiger partial charge in [0.1, 0.15) is 11.6 Å². The quantitative estimate of drug-likeness (QED) is 0.471. The number of allylic oxidation sites excluding steroid dienone is 1. The second-order valence-corrected chi connectivity index (χ2v) is 9.95. The lowest BCUT2D eigenvalue weighted by Gasteiger charge is -2.48. The predicted octanol–water partition coefficient (Wildman–Crippen LogP) is 4.80. The molecule has 1 N–H and O–H groups in total. The van der Waals surface area contributed by atoms with Crippen molar-refractivity contribution in [1.29, 1.82) is 5.26 Å². The number of esters is 1. The summed E-state index contributed by atoms with van der Waals surface area (Å²) in [4.78, 5) is 25.8. The van der Waals surface area contributed by atoms with E-state index in [4.69, 9.17) is 4.74 Å². The first-order chi connectivity index (χ1) is 18.2. The summed E-state index contributed by atoms with van der Waals surface area (Å²) in [6, 6.07) is 13.0. The molecule has 3 heterocycles. The summed E-state index contributed by atoms with van der Waals surface area (Å²) in [6.07, 6.45) is 8.47. The van der Waals surface area contributed by atoms with E-state index in [0.717, 1.165) is 11.1 Å². The van der Waals surface area contributed by atoms with Gasteiger partial charge < -0.3 is 4.74 Å². The second-order valence-electron chi connectivity index (χ2n) is 9.95. The second kappa shape index (κ2) is 10.0. The summed E-state index contributed by atoms with van der Waals surface area (Å²) in [6.45, 7) is 3.39. The molecular formula is C29H27F2N5O2. The van der Waals surface area contributed by atoms with Crippen molar-refractivity contribution < 1.29 is 18.3 Å². The van der Waals surface area contributed by atoms with E-state index in [-0.39, 0.29) is 6.54 Å². The molecule has 1 saturated carbocycles. The fraction of sp³-hybridized carbons (Fsp3) is 0.345. The Morgan fingerprint density at radius 1 is 1.16 bits per heavy atom. The van der Waals surface area contributed by atoms with E-state index < -0.39 is 47.7 Å². The Kier molecular flexibility index (Phi) is 6.76. The number of carbonyl (C=O) groups excluding carboxylic acids is 1. The number of alkyl halides is 2. The molecule has 194 valence electrons. The van der Waals surface area contributed by atoms with E-state index in [1.165, 1.54) is 25.5 Å². The smallest absolute Gasteiger partial charge is 0.327 e. The molecular weight excluding hydrogens is 488 g/mol. The summed E-state index contributed by atoms with van der Waals surface area (Å²) in [5.74, 6) is -5.96. The molecule has 1 aromatic carbocycles. The third-order valence-electron chi connectivity index (χ3n) is 7.74.